The molecule has 0 radical (unpaired) electrons. The average molecular weight is 475 g/mol. The quantitative estimate of drug-likeness (QED) is 0.464. The van der Waals surface area contributed by atoms with Crippen LogP contribution in [0.25, 0.3) is 0 Å². The van der Waals surface area contributed by atoms with Crippen molar-refractivity contribution in [3.63, 3.8) is 0 Å². The van der Waals surface area contributed by atoms with Gasteiger partial charge in [-0.25, -0.2) is 9.38 Å². The molecule has 0 bridgehead atoms. The Bertz CT molecular complexity index is 1200. The van der Waals surface area contributed by atoms with Crippen LogP contribution in [0.4, 0.5) is 22.0 Å². The van der Waals surface area contributed by atoms with Crippen LogP contribution in [0.1, 0.15) is 35.8 Å². The molecule has 3 rings (SSSR count). The molecule has 2 aromatic rings. The van der Waals surface area contributed by atoms with Crippen LogP contribution in [-0.2, 0) is 9.53 Å². The summed E-state index contributed by atoms with van der Waals surface area (Å²) < 4.78 is 74.4. The number of hydrogen-bond donors (Lipinski definition) is 3. The van der Waals surface area contributed by atoms with E-state index in [4.69, 9.17) is 10.5 Å². The Morgan fingerprint density at radius 2 is 1.88 bits per heavy atom. The molecule has 2 heterocycles. The van der Waals surface area contributed by atoms with Crippen molar-refractivity contribution in [3.8, 4) is 5.75 Å². The van der Waals surface area contributed by atoms with E-state index in [0.717, 1.165) is 31.3 Å². The van der Waals surface area contributed by atoms with Crippen LogP contribution in [0, 0.1) is 17.6 Å². The van der Waals surface area contributed by atoms with Gasteiger partial charge < -0.3 is 20.8 Å². The number of nitrogens with zero attached hydrogens (tertiary/aromatic N) is 2. The Labute approximate surface area is 182 Å². The van der Waals surface area contributed by atoms with Crippen molar-refractivity contribution in [3.05, 3.63) is 58.7 Å². The number of hydrogen-bond acceptors (Lipinski definition) is 5. The number of alkyl halides is 3. The second-order valence-corrected chi connectivity index (χ2v) is 7.69. The second-order valence-electron chi connectivity index (χ2n) is 7.69. The number of rotatable bonds is 3. The molecule has 1 saturated heterocycles. The van der Waals surface area contributed by atoms with E-state index in [0.29, 0.717) is 17.7 Å². The minimum Gasteiger partial charge on any atom is -0.505 e. The number of benzene rings is 1. The first-order valence-electron chi connectivity index (χ1n) is 9.40. The molecule has 0 aliphatic carbocycles. The molecule has 4 N–H and O–H groups in total. The van der Waals surface area contributed by atoms with Gasteiger partial charge in [-0.1, -0.05) is 13.0 Å². The highest BCUT2D eigenvalue weighted by Gasteiger charge is 2.65. The molecule has 8 nitrogen and oxygen atoms in total. The van der Waals surface area contributed by atoms with Crippen molar-refractivity contribution in [2.75, 3.05) is 0 Å². The first-order chi connectivity index (χ1) is 15.2. The fraction of sp³-hybridized carbons (Fsp3) is 0.350. The van der Waals surface area contributed by atoms with Gasteiger partial charge in [-0.05, 0) is 25.1 Å². The Balaban J connectivity index is 2.15. The predicted octanol–water partition coefficient (Wildman–Crippen LogP) is 2.38. The summed E-state index contributed by atoms with van der Waals surface area (Å²) >= 11 is 0. The number of aromatic hydroxyl groups is 1. The molecule has 33 heavy (non-hydrogen) atoms. The first kappa shape index (κ1) is 24.2. The van der Waals surface area contributed by atoms with Crippen LogP contribution in [-0.4, -0.2) is 44.7 Å². The number of carbonyl (C=O) groups excluding carboxylic acids is 2. The first-order valence-corrected chi connectivity index (χ1v) is 9.40. The lowest BCUT2D eigenvalue weighted by Gasteiger charge is -2.31. The van der Waals surface area contributed by atoms with E-state index in [-0.39, 0.29) is 5.36 Å². The van der Waals surface area contributed by atoms with Gasteiger partial charge in [0.1, 0.15) is 11.8 Å². The Morgan fingerprint density at radius 1 is 1.24 bits per heavy atom. The van der Waals surface area contributed by atoms with Gasteiger partial charge in [0.15, 0.2) is 17.2 Å². The van der Waals surface area contributed by atoms with Gasteiger partial charge in [0, 0.05) is 23.6 Å². The molecule has 1 aliphatic heterocycles. The number of nitrogens with two attached hydrogens (primary N) is 1. The summed E-state index contributed by atoms with van der Waals surface area (Å²) in [6.45, 7) is 1.78. The molecule has 0 spiro atoms. The Kier molecular flexibility index (Phi) is 5.96. The average Bonchev–Trinajstić information content (AvgIpc) is 3.00. The zero-order valence-electron chi connectivity index (χ0n) is 17.1. The van der Waals surface area contributed by atoms with Crippen LogP contribution in [0.2, 0.25) is 0 Å². The number of primary amides is 1. The van der Waals surface area contributed by atoms with E-state index in [2.05, 4.69) is 4.99 Å². The number of pyridine rings is 1. The lowest BCUT2D eigenvalue weighted by molar-refractivity contribution is -0.272. The zero-order valence-corrected chi connectivity index (χ0v) is 17.1. The van der Waals surface area contributed by atoms with E-state index in [1.54, 1.807) is 0 Å². The van der Waals surface area contributed by atoms with Crippen LogP contribution in [0.15, 0.2) is 35.5 Å². The number of aromatic nitrogens is 1. The van der Waals surface area contributed by atoms with Crippen molar-refractivity contribution in [1.82, 2.24) is 4.73 Å². The van der Waals surface area contributed by atoms with Crippen LogP contribution in [0.3, 0.4) is 0 Å². The van der Waals surface area contributed by atoms with Crippen LogP contribution < -0.4 is 11.1 Å². The topological polar surface area (TPSA) is 127 Å². The van der Waals surface area contributed by atoms with Crippen molar-refractivity contribution < 1.29 is 46.6 Å². The maximum absolute atomic E-state index is 14.0. The molecule has 2 amide bonds. The summed E-state index contributed by atoms with van der Waals surface area (Å²) in [5, 5.41) is 19.4. The summed E-state index contributed by atoms with van der Waals surface area (Å²) in [4.78, 5) is 27.9. The molecule has 0 saturated carbocycles. The molecule has 1 fully saturated rings. The monoisotopic (exact) mass is 475 g/mol. The SMILES string of the molecule is C[C@H]1[C@@H](c2ccc(F)c(F)c2O)[C@@H](C(=O)N=c2ccn(O)c(C(N)=O)c2)O[C@@]1(C)C(F)(F)F. The molecule has 4 atom stereocenters. The summed E-state index contributed by atoms with van der Waals surface area (Å²) in [6, 6.07) is 3.44. The van der Waals surface area contributed by atoms with Crippen LogP contribution >= 0.6 is 0 Å². The maximum Gasteiger partial charge on any atom is 0.417 e. The standard InChI is InChI=1S/C20H18F5N3O5/c1-8-13(10-3-4-11(21)14(22)15(10)29)16(33-19(8,2)20(23,24)25)18(31)27-9-5-6-28(32)12(7-9)17(26)30/h3-8,13,16,29,32H,1-2H3,(H2,26,30)/t8-,13-,16-,19+/m0/s1. The minimum absolute atomic E-state index is 0.246. The lowest BCUT2D eigenvalue weighted by atomic mass is 9.77. The Hall–Kier alpha value is -3.48. The third-order valence-electron chi connectivity index (χ3n) is 5.78. The molecular weight excluding hydrogens is 457 g/mol. The number of phenols is 1. The summed E-state index contributed by atoms with van der Waals surface area (Å²) in [6.07, 6.45) is -6.01. The molecule has 1 aromatic carbocycles. The van der Waals surface area contributed by atoms with Gasteiger partial charge >= 0.3 is 6.18 Å². The number of ether oxygens (including phenoxy) is 1. The molecule has 178 valence electrons. The third-order valence-corrected chi connectivity index (χ3v) is 5.78. The van der Waals surface area contributed by atoms with E-state index >= 15 is 0 Å². The predicted molar refractivity (Wildman–Crippen MR) is 100.0 cm³/mol. The summed E-state index contributed by atoms with van der Waals surface area (Å²) in [5.74, 6) is -9.81. The number of halogens is 5. The van der Waals surface area contributed by atoms with Gasteiger partial charge in [0.05, 0.1) is 5.36 Å². The van der Waals surface area contributed by atoms with E-state index in [9.17, 15) is 41.9 Å². The van der Waals surface area contributed by atoms with Crippen molar-refractivity contribution in [2.24, 2.45) is 16.6 Å². The van der Waals surface area contributed by atoms with Crippen LogP contribution in [0.5, 0.6) is 5.75 Å². The fourth-order valence-corrected chi connectivity index (χ4v) is 3.76. The number of phenolic OH excluding ortho intramolecular Hbond substituents is 1. The number of carbonyl (C=O) groups is 2. The largest absolute Gasteiger partial charge is 0.505 e. The van der Waals surface area contributed by atoms with E-state index in [1.165, 1.54) is 0 Å². The molecule has 1 aromatic heterocycles. The third kappa shape index (κ3) is 4.03. The van der Waals surface area contributed by atoms with Gasteiger partial charge in [-0.2, -0.15) is 22.3 Å². The van der Waals surface area contributed by atoms with Gasteiger partial charge in [-0.3, -0.25) is 9.59 Å². The van der Waals surface area contributed by atoms with E-state index < -0.39 is 70.2 Å². The summed E-state index contributed by atoms with van der Waals surface area (Å²) in [7, 11) is 0. The zero-order chi connectivity index (χ0) is 24.9. The minimum atomic E-state index is -4.97. The highest BCUT2D eigenvalue weighted by Crippen LogP contribution is 2.54. The Morgan fingerprint density at radius 3 is 2.45 bits per heavy atom. The fourth-order valence-electron chi connectivity index (χ4n) is 3.76. The van der Waals surface area contributed by atoms with Crippen molar-refractivity contribution in [2.45, 2.75) is 37.6 Å². The summed E-state index contributed by atoms with van der Waals surface area (Å²) in [5.41, 5.74) is 1.25. The number of amides is 2. The van der Waals surface area contributed by atoms with Crippen molar-refractivity contribution >= 4 is 11.8 Å². The molecule has 1 aliphatic rings. The van der Waals surface area contributed by atoms with Crippen molar-refractivity contribution in [1.29, 1.82) is 0 Å². The second kappa shape index (κ2) is 8.14. The van der Waals surface area contributed by atoms with Gasteiger partial charge in [0.25, 0.3) is 11.8 Å². The lowest BCUT2D eigenvalue weighted by Crippen LogP contribution is -2.47. The smallest absolute Gasteiger partial charge is 0.417 e. The maximum atomic E-state index is 14.0. The molecule has 13 heteroatoms. The highest BCUT2D eigenvalue weighted by atomic mass is 19.4. The molecule has 0 unspecified atom stereocenters. The molecular formula is C20H18F5N3O5. The highest BCUT2D eigenvalue weighted by molar-refractivity contribution is 5.91. The van der Waals surface area contributed by atoms with Gasteiger partial charge in [0.2, 0.25) is 5.82 Å². The normalized spacial score (nSPS) is 25.9. The van der Waals surface area contributed by atoms with Gasteiger partial charge in [-0.15, -0.1) is 0 Å². The van der Waals surface area contributed by atoms with E-state index in [1.807, 2.05) is 0 Å².